The fourth-order valence-corrected chi connectivity index (χ4v) is 4.58. The van der Waals surface area contributed by atoms with Crippen LogP contribution in [0.2, 0.25) is 0 Å². The first kappa shape index (κ1) is 20.8. The number of benzene rings is 1. The van der Waals surface area contributed by atoms with Crippen LogP contribution in [0.15, 0.2) is 24.3 Å². The van der Waals surface area contributed by atoms with E-state index >= 15 is 0 Å². The molecule has 144 valence electrons. The Balaban J connectivity index is 2.22. The highest BCUT2D eigenvalue weighted by atomic mass is 32.2. The molecule has 2 rings (SSSR count). The zero-order valence-corrected chi connectivity index (χ0v) is 17.5. The lowest BCUT2D eigenvalue weighted by Gasteiger charge is -2.31. The van der Waals surface area contributed by atoms with Crippen LogP contribution in [0, 0.1) is 6.92 Å². The minimum atomic E-state index is -0.403. The van der Waals surface area contributed by atoms with Gasteiger partial charge in [-0.2, -0.15) is 0 Å². The molecule has 4 nitrogen and oxygen atoms in total. The number of carbonyl (C=O) groups is 2. The third kappa shape index (κ3) is 5.50. The normalized spacial score (nSPS) is 20.3. The molecule has 0 radical (unpaired) electrons. The average Bonchev–Trinajstić information content (AvgIpc) is 2.97. The minimum absolute atomic E-state index is 0.0365. The van der Waals surface area contributed by atoms with E-state index in [-0.39, 0.29) is 22.7 Å². The van der Waals surface area contributed by atoms with Crippen molar-refractivity contribution >= 4 is 23.6 Å². The molecule has 1 saturated heterocycles. The van der Waals surface area contributed by atoms with Gasteiger partial charge in [-0.3, -0.25) is 9.59 Å². The van der Waals surface area contributed by atoms with Gasteiger partial charge in [0.2, 0.25) is 5.91 Å². The molecule has 0 bridgehead atoms. The first-order valence-corrected chi connectivity index (χ1v) is 10.6. The zero-order valence-electron chi connectivity index (χ0n) is 16.7. The largest absolute Gasteiger partial charge is 0.350 e. The quantitative estimate of drug-likeness (QED) is 0.750. The van der Waals surface area contributed by atoms with Crippen molar-refractivity contribution in [2.75, 3.05) is 5.75 Å². The number of unbranched alkanes of at least 4 members (excludes halogenated alkanes) is 2. The average molecular weight is 377 g/mol. The van der Waals surface area contributed by atoms with Crippen LogP contribution in [-0.2, 0) is 4.79 Å². The molecular weight excluding hydrogens is 344 g/mol. The van der Waals surface area contributed by atoms with Gasteiger partial charge in [-0.05, 0) is 46.2 Å². The van der Waals surface area contributed by atoms with Crippen LogP contribution in [-0.4, -0.2) is 39.4 Å². The van der Waals surface area contributed by atoms with E-state index < -0.39 is 6.04 Å². The van der Waals surface area contributed by atoms with E-state index in [1.54, 1.807) is 11.8 Å². The highest BCUT2D eigenvalue weighted by Crippen LogP contribution is 2.34. The standard InChI is InChI=1S/C21H32N2O2S/c1-6-7-8-9-18-23(20(25)16-12-10-15(2)11-13-16)17(14-26-18)19(24)22-21(3,4)5/h10-13,17-18H,6-9,14H2,1-5H3,(H,22,24). The van der Waals surface area contributed by atoms with E-state index in [4.69, 9.17) is 0 Å². The Labute approximate surface area is 162 Å². The van der Waals surface area contributed by atoms with Crippen molar-refractivity contribution in [3.05, 3.63) is 35.4 Å². The molecule has 1 N–H and O–H groups in total. The van der Waals surface area contributed by atoms with Crippen LogP contribution in [0.25, 0.3) is 0 Å². The molecule has 1 aromatic rings. The van der Waals surface area contributed by atoms with Crippen molar-refractivity contribution in [3.8, 4) is 0 Å². The molecule has 1 aromatic carbocycles. The topological polar surface area (TPSA) is 49.4 Å². The van der Waals surface area contributed by atoms with Crippen molar-refractivity contribution in [2.45, 2.75) is 77.3 Å². The van der Waals surface area contributed by atoms with Gasteiger partial charge in [0.05, 0.1) is 5.37 Å². The molecule has 1 aliphatic heterocycles. The summed E-state index contributed by atoms with van der Waals surface area (Å²) < 4.78 is 0. The smallest absolute Gasteiger partial charge is 0.255 e. The van der Waals surface area contributed by atoms with Crippen molar-refractivity contribution < 1.29 is 9.59 Å². The third-order valence-electron chi connectivity index (χ3n) is 4.48. The lowest BCUT2D eigenvalue weighted by Crippen LogP contribution is -2.53. The zero-order chi connectivity index (χ0) is 19.3. The molecule has 2 atom stereocenters. The number of hydrogen-bond donors (Lipinski definition) is 1. The second kappa shape index (κ2) is 8.94. The predicted molar refractivity (Wildman–Crippen MR) is 109 cm³/mol. The SMILES string of the molecule is CCCCCC1SCC(C(=O)NC(C)(C)C)N1C(=O)c1ccc(C)cc1. The number of rotatable bonds is 6. The van der Waals surface area contributed by atoms with Gasteiger partial charge in [-0.25, -0.2) is 0 Å². The van der Waals surface area contributed by atoms with Gasteiger partial charge in [0.25, 0.3) is 5.91 Å². The molecule has 0 spiro atoms. The molecule has 2 amide bonds. The number of thioether (sulfide) groups is 1. The Morgan fingerprint density at radius 1 is 1.19 bits per heavy atom. The van der Waals surface area contributed by atoms with Gasteiger partial charge in [0, 0.05) is 16.9 Å². The highest BCUT2D eigenvalue weighted by molar-refractivity contribution is 8.00. The number of nitrogens with one attached hydrogen (secondary N) is 1. The van der Waals surface area contributed by atoms with Crippen molar-refractivity contribution in [1.29, 1.82) is 0 Å². The molecule has 26 heavy (non-hydrogen) atoms. The molecule has 0 aromatic heterocycles. The maximum absolute atomic E-state index is 13.2. The third-order valence-corrected chi connectivity index (χ3v) is 5.84. The minimum Gasteiger partial charge on any atom is -0.350 e. The summed E-state index contributed by atoms with van der Waals surface area (Å²) in [5.74, 6) is 0.574. The summed E-state index contributed by atoms with van der Waals surface area (Å²) in [6, 6.07) is 7.23. The molecule has 1 fully saturated rings. The van der Waals surface area contributed by atoms with Crippen molar-refractivity contribution in [1.82, 2.24) is 10.2 Å². The van der Waals surface area contributed by atoms with Gasteiger partial charge < -0.3 is 10.2 Å². The maximum atomic E-state index is 13.2. The number of aryl methyl sites for hydroxylation is 1. The molecule has 2 unspecified atom stereocenters. The lowest BCUT2D eigenvalue weighted by molar-refractivity contribution is -0.126. The first-order valence-electron chi connectivity index (χ1n) is 9.56. The second-order valence-electron chi connectivity index (χ2n) is 8.12. The second-order valence-corrected chi connectivity index (χ2v) is 9.33. The van der Waals surface area contributed by atoms with Crippen LogP contribution < -0.4 is 5.32 Å². The Morgan fingerprint density at radius 2 is 1.85 bits per heavy atom. The van der Waals surface area contributed by atoms with Crippen molar-refractivity contribution in [3.63, 3.8) is 0 Å². The van der Waals surface area contributed by atoms with E-state index in [0.717, 1.165) is 31.2 Å². The van der Waals surface area contributed by atoms with E-state index in [1.165, 1.54) is 0 Å². The fraction of sp³-hybridized carbons (Fsp3) is 0.619. The van der Waals surface area contributed by atoms with Gasteiger partial charge in [0.15, 0.2) is 0 Å². The maximum Gasteiger partial charge on any atom is 0.255 e. The van der Waals surface area contributed by atoms with E-state index in [1.807, 2.05) is 56.9 Å². The van der Waals surface area contributed by atoms with Gasteiger partial charge in [-0.1, -0.05) is 43.9 Å². The number of nitrogens with zero attached hydrogens (tertiary/aromatic N) is 1. The van der Waals surface area contributed by atoms with Gasteiger partial charge in [0.1, 0.15) is 6.04 Å². The van der Waals surface area contributed by atoms with E-state index in [0.29, 0.717) is 11.3 Å². The highest BCUT2D eigenvalue weighted by Gasteiger charge is 2.42. The van der Waals surface area contributed by atoms with Crippen LogP contribution in [0.4, 0.5) is 0 Å². The molecule has 0 saturated carbocycles. The van der Waals surface area contributed by atoms with Gasteiger partial charge in [-0.15, -0.1) is 11.8 Å². The molecular formula is C21H32N2O2S. The first-order chi connectivity index (χ1) is 12.2. The Morgan fingerprint density at radius 3 is 2.42 bits per heavy atom. The summed E-state index contributed by atoms with van der Waals surface area (Å²) in [6.07, 6.45) is 4.33. The van der Waals surface area contributed by atoms with E-state index in [2.05, 4.69) is 12.2 Å². The summed E-state index contributed by atoms with van der Waals surface area (Å²) in [4.78, 5) is 27.9. The molecule has 1 heterocycles. The molecule has 5 heteroatoms. The Bertz CT molecular complexity index is 622. The summed E-state index contributed by atoms with van der Waals surface area (Å²) >= 11 is 1.73. The molecule has 1 aliphatic rings. The van der Waals surface area contributed by atoms with Crippen molar-refractivity contribution in [2.24, 2.45) is 0 Å². The number of hydrogen-bond acceptors (Lipinski definition) is 3. The van der Waals surface area contributed by atoms with Crippen LogP contribution in [0.3, 0.4) is 0 Å². The summed E-state index contributed by atoms with van der Waals surface area (Å²) in [7, 11) is 0. The predicted octanol–water partition coefficient (Wildman–Crippen LogP) is 4.37. The molecule has 0 aliphatic carbocycles. The summed E-state index contributed by atoms with van der Waals surface area (Å²) in [6.45, 7) is 10.1. The monoisotopic (exact) mass is 376 g/mol. The summed E-state index contributed by atoms with van der Waals surface area (Å²) in [5.41, 5.74) is 1.48. The van der Waals surface area contributed by atoms with Crippen LogP contribution in [0.5, 0.6) is 0 Å². The van der Waals surface area contributed by atoms with Gasteiger partial charge >= 0.3 is 0 Å². The fourth-order valence-electron chi connectivity index (χ4n) is 3.13. The Hall–Kier alpha value is -1.49. The van der Waals surface area contributed by atoms with Crippen LogP contribution in [0.1, 0.15) is 69.3 Å². The number of carbonyl (C=O) groups excluding carboxylic acids is 2. The van der Waals surface area contributed by atoms with E-state index in [9.17, 15) is 9.59 Å². The number of amides is 2. The summed E-state index contributed by atoms with van der Waals surface area (Å²) in [5, 5.41) is 3.12. The Kier molecular flexibility index (Phi) is 7.16. The lowest BCUT2D eigenvalue weighted by atomic mass is 10.1. The van der Waals surface area contributed by atoms with Crippen LogP contribution >= 0.6 is 11.8 Å².